The van der Waals surface area contributed by atoms with Crippen LogP contribution in [0.1, 0.15) is 33.6 Å². The normalized spacial score (nSPS) is 23.2. The van der Waals surface area contributed by atoms with Crippen molar-refractivity contribution < 1.29 is 27.4 Å². The fourth-order valence-corrected chi connectivity index (χ4v) is 3.69. The van der Waals surface area contributed by atoms with Crippen molar-refractivity contribution >= 4 is 11.9 Å². The van der Waals surface area contributed by atoms with Gasteiger partial charge >= 0.3 is 12.5 Å². The molecule has 2 aliphatic heterocycles. The third kappa shape index (κ3) is 4.95. The first kappa shape index (κ1) is 19.6. The van der Waals surface area contributed by atoms with Gasteiger partial charge in [-0.15, -0.1) is 13.2 Å². The second-order valence-corrected chi connectivity index (χ2v) is 7.92. The molecule has 3 rings (SSSR count). The van der Waals surface area contributed by atoms with E-state index in [1.807, 2.05) is 25.7 Å². The summed E-state index contributed by atoms with van der Waals surface area (Å²) < 4.78 is 46.1. The highest BCUT2D eigenvalue weighted by Gasteiger charge is 2.42. The lowest BCUT2D eigenvalue weighted by molar-refractivity contribution is -0.274. The largest absolute Gasteiger partial charge is 0.573 e. The van der Waals surface area contributed by atoms with Crippen LogP contribution in [-0.4, -0.2) is 53.6 Å². The van der Waals surface area contributed by atoms with Crippen LogP contribution in [0.3, 0.4) is 0 Å². The Morgan fingerprint density at radius 3 is 2.52 bits per heavy atom. The molecule has 1 aromatic heterocycles. The molecule has 0 aromatic carbocycles. The Bertz CT molecular complexity index is 673. The molecule has 1 aromatic rings. The number of carbonyl (C=O) groups is 1. The summed E-state index contributed by atoms with van der Waals surface area (Å²) in [5.41, 5.74) is -0.528. The molecule has 0 bridgehead atoms. The number of aromatic nitrogens is 1. The van der Waals surface area contributed by atoms with Crippen molar-refractivity contribution in [3.05, 3.63) is 18.3 Å². The summed E-state index contributed by atoms with van der Waals surface area (Å²) in [5.74, 6) is 0.566. The molecule has 27 heavy (non-hydrogen) atoms. The monoisotopic (exact) mass is 387 g/mol. The smallest absolute Gasteiger partial charge is 0.444 e. The first-order chi connectivity index (χ1) is 12.5. The zero-order valence-corrected chi connectivity index (χ0v) is 15.6. The highest BCUT2D eigenvalue weighted by molar-refractivity contribution is 5.69. The van der Waals surface area contributed by atoms with Gasteiger partial charge < -0.3 is 19.3 Å². The lowest BCUT2D eigenvalue weighted by atomic mass is 9.93. The van der Waals surface area contributed by atoms with Gasteiger partial charge in [-0.05, 0) is 51.7 Å². The van der Waals surface area contributed by atoms with Gasteiger partial charge in [0.1, 0.15) is 17.2 Å². The fourth-order valence-electron chi connectivity index (χ4n) is 3.69. The predicted octanol–water partition coefficient (Wildman–Crippen LogP) is 3.82. The number of piperidine rings is 1. The minimum Gasteiger partial charge on any atom is -0.444 e. The van der Waals surface area contributed by atoms with E-state index in [2.05, 4.69) is 9.72 Å². The molecule has 150 valence electrons. The summed E-state index contributed by atoms with van der Waals surface area (Å²) in [4.78, 5) is 20.3. The number of ether oxygens (including phenoxy) is 2. The second-order valence-electron chi connectivity index (χ2n) is 7.92. The summed E-state index contributed by atoms with van der Waals surface area (Å²) in [6, 6.07) is 2.93. The number of pyridine rings is 1. The molecule has 0 N–H and O–H groups in total. The van der Waals surface area contributed by atoms with E-state index in [1.165, 1.54) is 12.1 Å². The van der Waals surface area contributed by atoms with Crippen molar-refractivity contribution in [2.75, 3.05) is 24.5 Å². The molecule has 9 heteroatoms. The predicted molar refractivity (Wildman–Crippen MR) is 92.6 cm³/mol. The highest BCUT2D eigenvalue weighted by atomic mass is 19.4. The number of fused-ring (bicyclic) bond motifs is 1. The summed E-state index contributed by atoms with van der Waals surface area (Å²) in [6.45, 7) is 7.57. The molecule has 0 aliphatic carbocycles. The van der Waals surface area contributed by atoms with Gasteiger partial charge in [0, 0.05) is 25.7 Å². The molecular formula is C18H24F3N3O3. The molecular weight excluding hydrogens is 363 g/mol. The number of hydrogen-bond acceptors (Lipinski definition) is 5. The van der Waals surface area contributed by atoms with Gasteiger partial charge in [-0.3, -0.25) is 0 Å². The molecule has 6 nitrogen and oxygen atoms in total. The maximum absolute atomic E-state index is 12.4. The highest BCUT2D eigenvalue weighted by Crippen LogP contribution is 2.34. The van der Waals surface area contributed by atoms with Crippen molar-refractivity contribution in [2.24, 2.45) is 5.92 Å². The molecule has 0 unspecified atom stereocenters. The number of halogens is 3. The average molecular weight is 387 g/mol. The number of alkyl halides is 3. The van der Waals surface area contributed by atoms with Crippen LogP contribution in [0.2, 0.25) is 0 Å². The molecule has 0 saturated carbocycles. The van der Waals surface area contributed by atoms with Crippen molar-refractivity contribution in [1.82, 2.24) is 9.88 Å². The number of hydrogen-bond donors (Lipinski definition) is 0. The van der Waals surface area contributed by atoms with Crippen molar-refractivity contribution in [3.8, 4) is 5.75 Å². The zero-order valence-electron chi connectivity index (χ0n) is 15.6. The van der Waals surface area contributed by atoms with Crippen LogP contribution in [0.4, 0.5) is 23.8 Å². The third-order valence-corrected chi connectivity index (χ3v) is 4.74. The van der Waals surface area contributed by atoms with Crippen LogP contribution in [0, 0.1) is 5.92 Å². The van der Waals surface area contributed by atoms with E-state index in [0.717, 1.165) is 19.0 Å². The average Bonchev–Trinajstić information content (AvgIpc) is 2.95. The van der Waals surface area contributed by atoms with Gasteiger partial charge in [-0.1, -0.05) is 0 Å². The zero-order chi connectivity index (χ0) is 19.8. The molecule has 2 aliphatic rings. The van der Waals surface area contributed by atoms with Gasteiger partial charge in [-0.2, -0.15) is 0 Å². The summed E-state index contributed by atoms with van der Waals surface area (Å²) in [5, 5.41) is 0. The van der Waals surface area contributed by atoms with Gasteiger partial charge in [0.2, 0.25) is 0 Å². The number of likely N-dealkylation sites (tertiary alicyclic amines) is 1. The first-order valence-corrected chi connectivity index (χ1v) is 8.98. The number of nitrogens with zero attached hydrogens (tertiary/aromatic N) is 3. The Balaban J connectivity index is 1.60. The van der Waals surface area contributed by atoms with Gasteiger partial charge in [0.15, 0.2) is 0 Å². The Hall–Kier alpha value is -2.19. The van der Waals surface area contributed by atoms with E-state index in [0.29, 0.717) is 31.4 Å². The minimum atomic E-state index is -4.73. The van der Waals surface area contributed by atoms with Crippen LogP contribution < -0.4 is 9.64 Å². The third-order valence-electron chi connectivity index (χ3n) is 4.74. The minimum absolute atomic E-state index is 0.129. The van der Waals surface area contributed by atoms with Crippen LogP contribution >= 0.6 is 0 Å². The molecule has 0 spiro atoms. The van der Waals surface area contributed by atoms with Crippen LogP contribution in [0.25, 0.3) is 0 Å². The van der Waals surface area contributed by atoms with Crippen LogP contribution in [-0.2, 0) is 4.74 Å². The van der Waals surface area contributed by atoms with Gasteiger partial charge in [0.25, 0.3) is 0 Å². The number of carbonyl (C=O) groups excluding carboxylic acids is 1. The number of amides is 1. The number of anilines is 1. The van der Waals surface area contributed by atoms with E-state index in [-0.39, 0.29) is 17.9 Å². The summed E-state index contributed by atoms with van der Waals surface area (Å²) in [6.07, 6.45) is -2.29. The van der Waals surface area contributed by atoms with Crippen molar-refractivity contribution in [1.29, 1.82) is 0 Å². The lowest BCUT2D eigenvalue weighted by Crippen LogP contribution is -2.48. The first-order valence-electron chi connectivity index (χ1n) is 8.98. The van der Waals surface area contributed by atoms with Gasteiger partial charge in [0.05, 0.1) is 6.20 Å². The van der Waals surface area contributed by atoms with E-state index in [9.17, 15) is 18.0 Å². The molecule has 3 heterocycles. The second kappa shape index (κ2) is 7.09. The standard InChI is InChI=1S/C18H24F3N3O3/c1-17(2,3)27-16(25)24-9-6-12-11-23(8-7-14(12)24)15-5-4-13(10-22-15)26-18(19,20)21/h4-5,10,12,14H,6-9,11H2,1-3H3/t12-,14+/m0/s1. The Morgan fingerprint density at radius 2 is 1.93 bits per heavy atom. The maximum Gasteiger partial charge on any atom is 0.573 e. The van der Waals surface area contributed by atoms with E-state index in [4.69, 9.17) is 4.74 Å². The Labute approximate surface area is 156 Å². The molecule has 0 radical (unpaired) electrons. The van der Waals surface area contributed by atoms with Crippen molar-refractivity contribution in [3.63, 3.8) is 0 Å². The maximum atomic E-state index is 12.4. The fraction of sp³-hybridized carbons (Fsp3) is 0.667. The van der Waals surface area contributed by atoms with Gasteiger partial charge in [-0.25, -0.2) is 9.78 Å². The molecule has 2 fully saturated rings. The molecule has 2 atom stereocenters. The van der Waals surface area contributed by atoms with Crippen molar-refractivity contribution in [2.45, 2.75) is 51.6 Å². The quantitative estimate of drug-likeness (QED) is 0.772. The van der Waals surface area contributed by atoms with E-state index < -0.39 is 12.0 Å². The lowest BCUT2D eigenvalue weighted by Gasteiger charge is -2.38. The SMILES string of the molecule is CC(C)(C)OC(=O)N1CC[C@H]2CN(c3ccc(OC(F)(F)F)cn3)CC[C@H]21. The summed E-state index contributed by atoms with van der Waals surface area (Å²) in [7, 11) is 0. The van der Waals surface area contributed by atoms with Crippen LogP contribution in [0.5, 0.6) is 5.75 Å². The van der Waals surface area contributed by atoms with Crippen LogP contribution in [0.15, 0.2) is 18.3 Å². The molecule has 2 saturated heterocycles. The van der Waals surface area contributed by atoms with E-state index >= 15 is 0 Å². The van der Waals surface area contributed by atoms with E-state index in [1.54, 1.807) is 4.90 Å². The molecule has 1 amide bonds. The Kier molecular flexibility index (Phi) is 5.14. The number of rotatable bonds is 2. The topological polar surface area (TPSA) is 54.9 Å². The Morgan fingerprint density at radius 1 is 1.19 bits per heavy atom. The summed E-state index contributed by atoms with van der Waals surface area (Å²) >= 11 is 0.